The molecule has 0 aliphatic carbocycles. The molecule has 0 aromatic heterocycles. The number of aryl methyl sites for hydroxylation is 1. The van der Waals surface area contributed by atoms with Gasteiger partial charge in [-0.15, -0.1) is 0 Å². The fourth-order valence-electron chi connectivity index (χ4n) is 1.84. The summed E-state index contributed by atoms with van der Waals surface area (Å²) in [6, 6.07) is 6.42. The zero-order chi connectivity index (χ0) is 12.0. The smallest absolute Gasteiger partial charge is 0.121 e. The molecular weight excluding hydrogens is 264 g/mol. The summed E-state index contributed by atoms with van der Waals surface area (Å²) in [5.74, 6) is 0.969. The van der Waals surface area contributed by atoms with Gasteiger partial charge in [0.15, 0.2) is 0 Å². The minimum absolute atomic E-state index is 0.476. The third-order valence-electron chi connectivity index (χ3n) is 2.84. The molecule has 90 valence electrons. The van der Waals surface area contributed by atoms with Crippen LogP contribution < -0.4 is 4.74 Å². The highest BCUT2D eigenvalue weighted by Crippen LogP contribution is 2.31. The van der Waals surface area contributed by atoms with E-state index in [-0.39, 0.29) is 0 Å². The normalized spacial score (nSPS) is 12.5. The lowest BCUT2D eigenvalue weighted by atomic mass is 10.0. The molecule has 0 radical (unpaired) electrons. The number of rotatable bonds is 6. The van der Waals surface area contributed by atoms with Crippen molar-refractivity contribution in [2.45, 2.75) is 44.4 Å². The number of benzene rings is 1. The highest BCUT2D eigenvalue weighted by atomic mass is 79.9. The van der Waals surface area contributed by atoms with Crippen LogP contribution in [0.5, 0.6) is 5.75 Å². The Kier molecular flexibility index (Phi) is 5.89. The van der Waals surface area contributed by atoms with E-state index >= 15 is 0 Å². The standard InChI is InChI=1S/C14H21BrO/c1-4-5-6-7-13(15)12-8-9-14(16-3)11(2)10-12/h8-10,13H,4-7H2,1-3H3. The number of unbranched alkanes of at least 4 members (excludes halogenated alkanes) is 2. The van der Waals surface area contributed by atoms with Crippen molar-refractivity contribution in [2.75, 3.05) is 7.11 Å². The predicted octanol–water partition coefficient (Wildman–Crippen LogP) is 5.02. The zero-order valence-electron chi connectivity index (χ0n) is 10.4. The summed E-state index contributed by atoms with van der Waals surface area (Å²) < 4.78 is 5.26. The number of hydrogen-bond acceptors (Lipinski definition) is 1. The predicted molar refractivity (Wildman–Crippen MR) is 73.5 cm³/mol. The molecule has 0 amide bonds. The molecule has 1 aromatic carbocycles. The third-order valence-corrected chi connectivity index (χ3v) is 3.83. The van der Waals surface area contributed by atoms with Gasteiger partial charge in [0, 0.05) is 4.83 Å². The summed E-state index contributed by atoms with van der Waals surface area (Å²) >= 11 is 3.76. The molecule has 0 spiro atoms. The zero-order valence-corrected chi connectivity index (χ0v) is 12.0. The van der Waals surface area contributed by atoms with Gasteiger partial charge in [0.05, 0.1) is 7.11 Å². The number of methoxy groups -OCH3 is 1. The van der Waals surface area contributed by atoms with Gasteiger partial charge in [-0.3, -0.25) is 0 Å². The molecule has 1 rings (SSSR count). The molecule has 0 saturated heterocycles. The van der Waals surface area contributed by atoms with Gasteiger partial charge in [-0.2, -0.15) is 0 Å². The topological polar surface area (TPSA) is 9.23 Å². The Hall–Kier alpha value is -0.500. The molecule has 0 aliphatic heterocycles. The van der Waals surface area contributed by atoms with Gasteiger partial charge < -0.3 is 4.74 Å². The number of alkyl halides is 1. The Balaban J connectivity index is 2.62. The molecule has 0 heterocycles. The van der Waals surface area contributed by atoms with Gasteiger partial charge >= 0.3 is 0 Å². The molecule has 0 N–H and O–H groups in total. The van der Waals surface area contributed by atoms with Gasteiger partial charge in [0.2, 0.25) is 0 Å². The third kappa shape index (κ3) is 3.82. The van der Waals surface area contributed by atoms with E-state index in [1.54, 1.807) is 7.11 Å². The van der Waals surface area contributed by atoms with Crippen LogP contribution in [0.3, 0.4) is 0 Å². The Morgan fingerprint density at radius 1 is 1.31 bits per heavy atom. The maximum atomic E-state index is 5.26. The van der Waals surface area contributed by atoms with Crippen molar-refractivity contribution in [3.05, 3.63) is 29.3 Å². The van der Waals surface area contributed by atoms with Crippen molar-refractivity contribution in [3.8, 4) is 5.75 Å². The molecule has 0 saturated carbocycles. The lowest BCUT2D eigenvalue weighted by molar-refractivity contribution is 0.411. The lowest BCUT2D eigenvalue weighted by Gasteiger charge is -2.12. The number of halogens is 1. The van der Waals surface area contributed by atoms with Gasteiger partial charge in [-0.1, -0.05) is 54.2 Å². The van der Waals surface area contributed by atoms with Crippen LogP contribution in [-0.2, 0) is 0 Å². The first kappa shape index (κ1) is 13.6. The van der Waals surface area contributed by atoms with Crippen molar-refractivity contribution in [3.63, 3.8) is 0 Å². The van der Waals surface area contributed by atoms with Crippen molar-refractivity contribution < 1.29 is 4.74 Å². The summed E-state index contributed by atoms with van der Waals surface area (Å²) in [7, 11) is 1.72. The molecule has 1 nitrogen and oxygen atoms in total. The largest absolute Gasteiger partial charge is 0.496 e. The van der Waals surface area contributed by atoms with Crippen LogP contribution in [0.4, 0.5) is 0 Å². The number of hydrogen-bond donors (Lipinski definition) is 0. The first-order valence-electron chi connectivity index (χ1n) is 5.97. The highest BCUT2D eigenvalue weighted by molar-refractivity contribution is 9.09. The van der Waals surface area contributed by atoms with Crippen LogP contribution in [0.2, 0.25) is 0 Å². The maximum absolute atomic E-state index is 5.26. The molecule has 0 bridgehead atoms. The Morgan fingerprint density at radius 3 is 2.62 bits per heavy atom. The minimum Gasteiger partial charge on any atom is -0.496 e. The second kappa shape index (κ2) is 6.95. The average Bonchev–Trinajstić information content (AvgIpc) is 2.29. The quantitative estimate of drug-likeness (QED) is 0.526. The molecule has 2 heteroatoms. The summed E-state index contributed by atoms with van der Waals surface area (Å²) in [6.07, 6.45) is 5.09. The molecule has 1 atom stereocenters. The average molecular weight is 285 g/mol. The second-order valence-corrected chi connectivity index (χ2v) is 5.30. The maximum Gasteiger partial charge on any atom is 0.121 e. The Bertz CT molecular complexity index is 323. The van der Waals surface area contributed by atoms with Crippen LogP contribution in [-0.4, -0.2) is 7.11 Å². The van der Waals surface area contributed by atoms with E-state index in [2.05, 4.69) is 48.0 Å². The molecule has 0 aliphatic rings. The van der Waals surface area contributed by atoms with E-state index in [1.165, 1.54) is 36.8 Å². The summed E-state index contributed by atoms with van der Waals surface area (Å²) in [6.45, 7) is 4.33. The molecule has 16 heavy (non-hydrogen) atoms. The van der Waals surface area contributed by atoms with Crippen LogP contribution in [0, 0.1) is 6.92 Å². The first-order valence-corrected chi connectivity index (χ1v) is 6.89. The van der Waals surface area contributed by atoms with E-state index < -0.39 is 0 Å². The SMILES string of the molecule is CCCCCC(Br)c1ccc(OC)c(C)c1. The minimum atomic E-state index is 0.476. The summed E-state index contributed by atoms with van der Waals surface area (Å²) in [5, 5.41) is 0. The van der Waals surface area contributed by atoms with E-state index in [1.807, 2.05) is 0 Å². The Labute approximate surface area is 107 Å². The van der Waals surface area contributed by atoms with E-state index in [0.717, 1.165) is 5.75 Å². The summed E-state index contributed by atoms with van der Waals surface area (Å²) in [4.78, 5) is 0.476. The van der Waals surface area contributed by atoms with Crippen LogP contribution in [0.25, 0.3) is 0 Å². The van der Waals surface area contributed by atoms with Gasteiger partial charge in [0.25, 0.3) is 0 Å². The van der Waals surface area contributed by atoms with Crippen LogP contribution in [0.1, 0.15) is 48.6 Å². The van der Waals surface area contributed by atoms with Gasteiger partial charge in [0.1, 0.15) is 5.75 Å². The first-order chi connectivity index (χ1) is 7.69. The van der Waals surface area contributed by atoms with Gasteiger partial charge in [-0.25, -0.2) is 0 Å². The van der Waals surface area contributed by atoms with Crippen molar-refractivity contribution in [1.29, 1.82) is 0 Å². The fourth-order valence-corrected chi connectivity index (χ4v) is 2.45. The van der Waals surface area contributed by atoms with E-state index in [0.29, 0.717) is 4.83 Å². The highest BCUT2D eigenvalue weighted by Gasteiger charge is 2.08. The molecular formula is C14H21BrO. The fraction of sp³-hybridized carbons (Fsp3) is 0.571. The molecule has 1 unspecified atom stereocenters. The van der Waals surface area contributed by atoms with Crippen molar-refractivity contribution in [1.82, 2.24) is 0 Å². The van der Waals surface area contributed by atoms with Crippen molar-refractivity contribution in [2.24, 2.45) is 0 Å². The van der Waals surface area contributed by atoms with E-state index in [4.69, 9.17) is 4.74 Å². The Morgan fingerprint density at radius 2 is 2.06 bits per heavy atom. The van der Waals surface area contributed by atoms with E-state index in [9.17, 15) is 0 Å². The van der Waals surface area contributed by atoms with Crippen molar-refractivity contribution >= 4 is 15.9 Å². The molecule has 0 fully saturated rings. The monoisotopic (exact) mass is 284 g/mol. The lowest BCUT2D eigenvalue weighted by Crippen LogP contribution is -1.93. The molecule has 1 aromatic rings. The van der Waals surface area contributed by atoms with Gasteiger partial charge in [-0.05, 0) is 30.5 Å². The second-order valence-electron chi connectivity index (χ2n) is 4.19. The van der Waals surface area contributed by atoms with Crippen LogP contribution in [0.15, 0.2) is 18.2 Å². The number of ether oxygens (including phenoxy) is 1. The van der Waals surface area contributed by atoms with Crippen LogP contribution >= 0.6 is 15.9 Å². The summed E-state index contributed by atoms with van der Waals surface area (Å²) in [5.41, 5.74) is 2.56.